The summed E-state index contributed by atoms with van der Waals surface area (Å²) in [5.74, 6) is 0. The molecule has 116 valence electrons. The lowest BCUT2D eigenvalue weighted by molar-refractivity contribution is 0.105. The first-order chi connectivity index (χ1) is 11.1. The van der Waals surface area contributed by atoms with E-state index in [2.05, 4.69) is 20.6 Å². The molecule has 0 aliphatic rings. The van der Waals surface area contributed by atoms with E-state index >= 15 is 0 Å². The van der Waals surface area contributed by atoms with Crippen LogP contribution in [0.2, 0.25) is 0 Å². The summed E-state index contributed by atoms with van der Waals surface area (Å²) in [7, 11) is -4.56. The molecule has 1 N–H and O–H groups in total. The first-order valence-corrected chi connectivity index (χ1v) is 7.96. The lowest BCUT2D eigenvalue weighted by Crippen LogP contribution is -2.19. The predicted molar refractivity (Wildman–Crippen MR) is 78.0 cm³/mol. The summed E-state index contributed by atoms with van der Waals surface area (Å²) >= 11 is 0. The molecule has 2 aromatic carbocycles. The normalized spacial score (nSPS) is 11.9. The molecule has 2 aromatic heterocycles. The Morgan fingerprint density at radius 2 is 1.26 bits per heavy atom. The summed E-state index contributed by atoms with van der Waals surface area (Å²) in [5.41, 5.74) is 1.88. The van der Waals surface area contributed by atoms with Crippen LogP contribution in [0.3, 0.4) is 0 Å². The molecule has 0 amide bonds. The van der Waals surface area contributed by atoms with Crippen molar-refractivity contribution in [2.45, 2.75) is 0 Å². The van der Waals surface area contributed by atoms with E-state index in [1.165, 1.54) is 0 Å². The highest BCUT2D eigenvalue weighted by Gasteiger charge is 2.29. The summed E-state index contributed by atoms with van der Waals surface area (Å²) in [6.07, 6.45) is 0. The molecule has 0 saturated carbocycles. The molecule has 11 heteroatoms. The molecule has 0 bridgehead atoms. The van der Waals surface area contributed by atoms with Crippen LogP contribution in [-0.2, 0) is 4.57 Å². The number of aromatic nitrogens is 6. The minimum atomic E-state index is -4.56. The van der Waals surface area contributed by atoms with E-state index < -0.39 is 7.82 Å². The third kappa shape index (κ3) is 2.50. The van der Waals surface area contributed by atoms with Gasteiger partial charge in [0.25, 0.3) is 0 Å². The van der Waals surface area contributed by atoms with Crippen molar-refractivity contribution < 1.29 is 18.7 Å². The van der Waals surface area contributed by atoms with E-state index in [9.17, 15) is 9.46 Å². The number of fused-ring (bicyclic) bond motifs is 2. The fourth-order valence-corrected chi connectivity index (χ4v) is 2.69. The van der Waals surface area contributed by atoms with E-state index in [-0.39, 0.29) is 0 Å². The smallest absolute Gasteiger partial charge is 0.281 e. The second-order valence-corrected chi connectivity index (χ2v) is 5.80. The number of benzene rings is 2. The first-order valence-electron chi connectivity index (χ1n) is 6.46. The van der Waals surface area contributed by atoms with Gasteiger partial charge in [0.05, 0.1) is 0 Å². The Bertz CT molecular complexity index is 964. The fraction of sp³-hybridized carbons (Fsp3) is 0. The van der Waals surface area contributed by atoms with E-state index in [1.54, 1.807) is 48.5 Å². The second kappa shape index (κ2) is 5.04. The molecule has 0 spiro atoms. The predicted octanol–water partition coefficient (Wildman–Crippen LogP) is 0.834. The van der Waals surface area contributed by atoms with Crippen LogP contribution in [-0.4, -0.2) is 35.2 Å². The van der Waals surface area contributed by atoms with Gasteiger partial charge in [-0.05, 0) is 34.7 Å². The van der Waals surface area contributed by atoms with E-state index in [1.807, 2.05) is 0 Å². The largest absolute Gasteiger partial charge is 0.626 e. The number of nitrogens with zero attached hydrogens (tertiary/aromatic N) is 6. The van der Waals surface area contributed by atoms with Crippen molar-refractivity contribution in [2.75, 3.05) is 0 Å². The quantitative estimate of drug-likeness (QED) is 0.546. The average Bonchev–Trinajstić information content (AvgIpc) is 3.12. The average molecular weight is 332 g/mol. The maximum Gasteiger partial charge on any atom is 0.626 e. The summed E-state index contributed by atoms with van der Waals surface area (Å²) in [4.78, 5) is 11.6. The molecule has 0 unspecified atom stereocenters. The standard InChI is InChI=1S/C12H9N6O4P/c19-23(20,21-17-11-7-3-1-5-9(11)13-15-17)22-18-12-8-4-2-6-10(12)14-16-18/h1-8H,(H,19,20). The van der Waals surface area contributed by atoms with Gasteiger partial charge in [0.1, 0.15) is 22.1 Å². The monoisotopic (exact) mass is 332 g/mol. The number of rotatable bonds is 4. The van der Waals surface area contributed by atoms with Gasteiger partial charge in [0.15, 0.2) is 0 Å². The van der Waals surface area contributed by atoms with Gasteiger partial charge in [-0.25, -0.2) is 4.57 Å². The third-order valence-corrected chi connectivity index (χ3v) is 3.73. The third-order valence-electron chi connectivity index (χ3n) is 3.00. The van der Waals surface area contributed by atoms with Crippen LogP contribution in [0.1, 0.15) is 0 Å². The van der Waals surface area contributed by atoms with Crippen molar-refractivity contribution in [3.05, 3.63) is 48.5 Å². The van der Waals surface area contributed by atoms with E-state index in [4.69, 9.17) is 9.25 Å². The summed E-state index contributed by atoms with van der Waals surface area (Å²) in [6.45, 7) is 0. The Hall–Kier alpha value is -2.97. The first kappa shape index (κ1) is 13.7. The molecule has 4 aromatic rings. The van der Waals surface area contributed by atoms with Crippen molar-refractivity contribution in [3.8, 4) is 0 Å². The van der Waals surface area contributed by atoms with Crippen LogP contribution in [0.5, 0.6) is 0 Å². The van der Waals surface area contributed by atoms with Crippen molar-refractivity contribution >= 4 is 29.9 Å². The molecule has 0 fully saturated rings. The zero-order chi connectivity index (χ0) is 15.9. The highest BCUT2D eigenvalue weighted by molar-refractivity contribution is 7.47. The van der Waals surface area contributed by atoms with Gasteiger partial charge in [-0.3, -0.25) is 14.1 Å². The van der Waals surface area contributed by atoms with Gasteiger partial charge in [-0.1, -0.05) is 34.0 Å². The number of para-hydroxylation sites is 2. The van der Waals surface area contributed by atoms with Gasteiger partial charge >= 0.3 is 7.82 Å². The van der Waals surface area contributed by atoms with Gasteiger partial charge < -0.3 is 0 Å². The van der Waals surface area contributed by atoms with Gasteiger partial charge in [0.2, 0.25) is 0 Å². The summed E-state index contributed by atoms with van der Waals surface area (Å²) < 4.78 is 22.0. The van der Waals surface area contributed by atoms with Crippen LogP contribution in [0.4, 0.5) is 0 Å². The van der Waals surface area contributed by atoms with Crippen molar-refractivity contribution in [1.82, 2.24) is 30.3 Å². The molecule has 2 heterocycles. The lowest BCUT2D eigenvalue weighted by atomic mass is 10.3. The van der Waals surface area contributed by atoms with E-state index in [0.29, 0.717) is 22.1 Å². The van der Waals surface area contributed by atoms with E-state index in [0.717, 1.165) is 9.69 Å². The molecule has 23 heavy (non-hydrogen) atoms. The molecular weight excluding hydrogens is 323 g/mol. The SMILES string of the molecule is O=P(O)(On1nnc2ccccc21)On1nnc2ccccc21. The zero-order valence-electron chi connectivity index (χ0n) is 11.4. The molecule has 0 radical (unpaired) electrons. The molecule has 10 nitrogen and oxygen atoms in total. The van der Waals surface area contributed by atoms with Crippen molar-refractivity contribution in [3.63, 3.8) is 0 Å². The van der Waals surface area contributed by atoms with Crippen LogP contribution >= 0.6 is 7.82 Å². The Kier molecular flexibility index (Phi) is 3.00. The molecule has 0 saturated heterocycles. The minimum absolute atomic E-state index is 0.425. The molecule has 4 rings (SSSR count). The Morgan fingerprint density at radius 3 is 1.74 bits per heavy atom. The van der Waals surface area contributed by atoms with Gasteiger partial charge in [-0.15, -0.1) is 10.2 Å². The van der Waals surface area contributed by atoms with Gasteiger partial charge in [0, 0.05) is 0 Å². The van der Waals surface area contributed by atoms with Crippen LogP contribution < -0.4 is 9.25 Å². The molecule has 0 aliphatic carbocycles. The summed E-state index contributed by atoms with van der Waals surface area (Å²) in [6, 6.07) is 13.6. The second-order valence-electron chi connectivity index (χ2n) is 4.53. The topological polar surface area (TPSA) is 117 Å². The number of hydrogen-bond acceptors (Lipinski definition) is 7. The number of phosphoric acid groups is 1. The van der Waals surface area contributed by atoms with Crippen LogP contribution in [0.15, 0.2) is 48.5 Å². The Morgan fingerprint density at radius 1 is 0.826 bits per heavy atom. The summed E-state index contributed by atoms with van der Waals surface area (Å²) in [5, 5.41) is 14.9. The Balaban J connectivity index is 1.64. The lowest BCUT2D eigenvalue weighted by Gasteiger charge is -2.11. The van der Waals surface area contributed by atoms with Crippen LogP contribution in [0, 0.1) is 0 Å². The van der Waals surface area contributed by atoms with Crippen molar-refractivity contribution in [1.29, 1.82) is 0 Å². The van der Waals surface area contributed by atoms with Gasteiger partial charge in [-0.2, -0.15) is 0 Å². The molecule has 0 atom stereocenters. The highest BCUT2D eigenvalue weighted by atomic mass is 31.2. The zero-order valence-corrected chi connectivity index (χ0v) is 12.3. The Labute approximate surface area is 128 Å². The fourth-order valence-electron chi connectivity index (χ4n) is 2.03. The number of hydrogen-bond donors (Lipinski definition) is 1. The highest BCUT2D eigenvalue weighted by Crippen LogP contribution is 2.36. The van der Waals surface area contributed by atoms with Crippen molar-refractivity contribution in [2.24, 2.45) is 0 Å². The minimum Gasteiger partial charge on any atom is -0.281 e. The molecule has 0 aliphatic heterocycles. The van der Waals surface area contributed by atoms with Crippen LogP contribution in [0.25, 0.3) is 22.1 Å². The maximum absolute atomic E-state index is 12.2. The molecular formula is C12H9N6O4P. The maximum atomic E-state index is 12.2.